The van der Waals surface area contributed by atoms with Crippen molar-refractivity contribution in [1.82, 2.24) is 0 Å². The number of halogens is 1. The third kappa shape index (κ3) is 4.27. The molecular formula is C19H26BrNO3S. The van der Waals surface area contributed by atoms with Crippen molar-refractivity contribution in [2.75, 3.05) is 4.90 Å². The lowest BCUT2D eigenvalue weighted by Gasteiger charge is -2.38. The summed E-state index contributed by atoms with van der Waals surface area (Å²) in [5.74, 6) is -0.0707. The van der Waals surface area contributed by atoms with Gasteiger partial charge in [0.05, 0.1) is 9.47 Å². The van der Waals surface area contributed by atoms with Gasteiger partial charge in [-0.1, -0.05) is 26.2 Å². The molecule has 1 aromatic rings. The molecule has 2 saturated carbocycles. The summed E-state index contributed by atoms with van der Waals surface area (Å²) in [7, 11) is 0. The van der Waals surface area contributed by atoms with E-state index in [9.17, 15) is 14.7 Å². The Morgan fingerprint density at radius 2 is 1.76 bits per heavy atom. The Labute approximate surface area is 161 Å². The number of aromatic carboxylic acids is 1. The maximum atomic E-state index is 13.4. The second kappa shape index (κ2) is 8.21. The summed E-state index contributed by atoms with van der Waals surface area (Å²) in [6.07, 6.45) is 9.42. The van der Waals surface area contributed by atoms with Crippen LogP contribution in [0.1, 0.15) is 74.4 Å². The molecule has 0 radical (unpaired) electrons. The van der Waals surface area contributed by atoms with E-state index in [-0.39, 0.29) is 22.7 Å². The van der Waals surface area contributed by atoms with Crippen molar-refractivity contribution in [2.45, 2.75) is 70.8 Å². The van der Waals surface area contributed by atoms with Gasteiger partial charge in [0, 0.05) is 12.0 Å². The third-order valence-corrected chi connectivity index (χ3v) is 7.29. The highest BCUT2D eigenvalue weighted by Gasteiger charge is 2.36. The Kier molecular flexibility index (Phi) is 6.21. The van der Waals surface area contributed by atoms with E-state index in [1.54, 1.807) is 0 Å². The van der Waals surface area contributed by atoms with Gasteiger partial charge in [0.25, 0.3) is 0 Å². The van der Waals surface area contributed by atoms with E-state index < -0.39 is 5.97 Å². The minimum atomic E-state index is -0.948. The quantitative estimate of drug-likeness (QED) is 0.669. The van der Waals surface area contributed by atoms with E-state index in [1.807, 2.05) is 11.0 Å². The highest BCUT2D eigenvalue weighted by molar-refractivity contribution is 9.11. The molecule has 0 aromatic carbocycles. The zero-order valence-corrected chi connectivity index (χ0v) is 17.1. The van der Waals surface area contributed by atoms with Crippen LogP contribution in [0.4, 0.5) is 5.69 Å². The molecule has 25 heavy (non-hydrogen) atoms. The number of carbonyl (C=O) groups excluding carboxylic acids is 1. The molecule has 1 aromatic heterocycles. The largest absolute Gasteiger partial charge is 0.477 e. The van der Waals surface area contributed by atoms with Crippen LogP contribution in [-0.2, 0) is 4.79 Å². The van der Waals surface area contributed by atoms with Crippen molar-refractivity contribution in [2.24, 2.45) is 11.8 Å². The normalized spacial score (nSPS) is 24.9. The number of hydrogen-bond donors (Lipinski definition) is 1. The number of carboxylic acids is 1. The van der Waals surface area contributed by atoms with Gasteiger partial charge in [-0.25, -0.2) is 4.79 Å². The van der Waals surface area contributed by atoms with Gasteiger partial charge in [0.1, 0.15) is 4.88 Å². The zero-order valence-electron chi connectivity index (χ0n) is 14.7. The van der Waals surface area contributed by atoms with E-state index in [0.717, 1.165) is 55.2 Å². The molecule has 1 amide bonds. The number of nitrogens with zero attached hydrogens (tertiary/aromatic N) is 1. The summed E-state index contributed by atoms with van der Waals surface area (Å²) in [6, 6.07) is 1.96. The molecule has 1 N–H and O–H groups in total. The molecule has 0 unspecified atom stereocenters. The summed E-state index contributed by atoms with van der Waals surface area (Å²) in [6.45, 7) is 2.25. The fraction of sp³-hybridized carbons (Fsp3) is 0.684. The number of carbonyl (C=O) groups is 2. The van der Waals surface area contributed by atoms with Crippen LogP contribution in [0.15, 0.2) is 9.85 Å². The minimum Gasteiger partial charge on any atom is -0.477 e. The standard InChI is InChI=1S/C19H26BrNO3S/c1-12-7-9-13(10-8-12)18(22)21(14-5-3-2-4-6-14)15-11-16(20)25-17(15)19(23)24/h11-14H,2-10H2,1H3,(H,23,24). The SMILES string of the molecule is CC1CCC(C(=O)N(c2cc(Br)sc2C(=O)O)C2CCCCC2)CC1. The summed E-state index contributed by atoms with van der Waals surface area (Å²) in [5, 5.41) is 9.60. The lowest BCUT2D eigenvalue weighted by atomic mass is 9.81. The van der Waals surface area contributed by atoms with Gasteiger partial charge in [-0.3, -0.25) is 4.79 Å². The van der Waals surface area contributed by atoms with Gasteiger partial charge >= 0.3 is 5.97 Å². The first kappa shape index (κ1) is 18.9. The van der Waals surface area contributed by atoms with Gasteiger partial charge in [0.2, 0.25) is 5.91 Å². The number of rotatable bonds is 4. The summed E-state index contributed by atoms with van der Waals surface area (Å²) in [5.41, 5.74) is 0.597. The third-order valence-electron chi connectivity index (χ3n) is 5.68. The molecule has 3 rings (SSSR count). The molecule has 2 aliphatic rings. The van der Waals surface area contributed by atoms with Crippen LogP contribution in [0.3, 0.4) is 0 Å². The van der Waals surface area contributed by atoms with E-state index in [1.165, 1.54) is 17.8 Å². The van der Waals surface area contributed by atoms with E-state index >= 15 is 0 Å². The Morgan fingerprint density at radius 1 is 1.12 bits per heavy atom. The van der Waals surface area contributed by atoms with Gasteiger partial charge < -0.3 is 10.0 Å². The summed E-state index contributed by atoms with van der Waals surface area (Å²) < 4.78 is 0.769. The molecular weight excluding hydrogens is 402 g/mol. The lowest BCUT2D eigenvalue weighted by molar-refractivity contribution is -0.124. The molecule has 0 atom stereocenters. The topological polar surface area (TPSA) is 57.6 Å². The molecule has 2 aliphatic carbocycles. The van der Waals surface area contributed by atoms with Gasteiger partial charge in [-0.05, 0) is 66.4 Å². The molecule has 0 spiro atoms. The minimum absolute atomic E-state index is 0.0402. The fourth-order valence-electron chi connectivity index (χ4n) is 4.22. The van der Waals surface area contributed by atoms with Crippen LogP contribution < -0.4 is 4.90 Å². The highest BCUT2D eigenvalue weighted by atomic mass is 79.9. The van der Waals surface area contributed by atoms with Gasteiger partial charge in [-0.15, -0.1) is 11.3 Å². The van der Waals surface area contributed by atoms with Crippen LogP contribution in [0.5, 0.6) is 0 Å². The van der Waals surface area contributed by atoms with Crippen molar-refractivity contribution in [3.05, 3.63) is 14.7 Å². The highest BCUT2D eigenvalue weighted by Crippen LogP contribution is 2.40. The molecule has 6 heteroatoms. The molecule has 2 fully saturated rings. The van der Waals surface area contributed by atoms with Crippen molar-refractivity contribution in [1.29, 1.82) is 0 Å². The van der Waals surface area contributed by atoms with Crippen LogP contribution in [0.2, 0.25) is 0 Å². The van der Waals surface area contributed by atoms with Crippen LogP contribution in [0.25, 0.3) is 0 Å². The smallest absolute Gasteiger partial charge is 0.348 e. The average Bonchev–Trinajstić information content (AvgIpc) is 2.98. The van der Waals surface area contributed by atoms with Crippen LogP contribution in [0, 0.1) is 11.8 Å². The Bertz CT molecular complexity index is 631. The molecule has 0 bridgehead atoms. The number of thiophene rings is 1. The Hall–Kier alpha value is -0.880. The molecule has 0 saturated heterocycles. The summed E-state index contributed by atoms with van der Waals surface area (Å²) in [4.78, 5) is 27.3. The maximum Gasteiger partial charge on any atom is 0.348 e. The van der Waals surface area contributed by atoms with Gasteiger partial charge in [-0.2, -0.15) is 0 Å². The second-order valence-corrected chi connectivity index (χ2v) is 9.96. The predicted molar refractivity (Wildman–Crippen MR) is 104 cm³/mol. The first-order valence-electron chi connectivity index (χ1n) is 9.33. The number of carboxylic acid groups (broad SMARTS) is 1. The van der Waals surface area contributed by atoms with E-state index in [4.69, 9.17) is 0 Å². The average molecular weight is 428 g/mol. The second-order valence-electron chi connectivity index (χ2n) is 7.53. The van der Waals surface area contributed by atoms with Crippen molar-refractivity contribution in [3.63, 3.8) is 0 Å². The van der Waals surface area contributed by atoms with Crippen molar-refractivity contribution in [3.8, 4) is 0 Å². The van der Waals surface area contributed by atoms with Crippen LogP contribution in [-0.4, -0.2) is 23.0 Å². The van der Waals surface area contributed by atoms with Crippen molar-refractivity contribution >= 4 is 44.8 Å². The Morgan fingerprint density at radius 3 is 2.36 bits per heavy atom. The fourth-order valence-corrected chi connectivity index (χ4v) is 5.64. The Balaban J connectivity index is 1.92. The zero-order chi connectivity index (χ0) is 18.0. The van der Waals surface area contributed by atoms with E-state index in [0.29, 0.717) is 11.6 Å². The molecule has 0 aliphatic heterocycles. The van der Waals surface area contributed by atoms with E-state index in [2.05, 4.69) is 22.9 Å². The number of hydrogen-bond acceptors (Lipinski definition) is 3. The molecule has 4 nitrogen and oxygen atoms in total. The molecule has 1 heterocycles. The lowest BCUT2D eigenvalue weighted by Crippen LogP contribution is -2.46. The van der Waals surface area contributed by atoms with Crippen molar-refractivity contribution < 1.29 is 14.7 Å². The monoisotopic (exact) mass is 427 g/mol. The van der Waals surface area contributed by atoms with Crippen LogP contribution >= 0.6 is 27.3 Å². The predicted octanol–water partition coefficient (Wildman–Crippen LogP) is 5.70. The number of anilines is 1. The summed E-state index contributed by atoms with van der Waals surface area (Å²) >= 11 is 4.62. The first-order valence-corrected chi connectivity index (χ1v) is 10.9. The first-order chi connectivity index (χ1) is 12.0. The van der Waals surface area contributed by atoms with Gasteiger partial charge in [0.15, 0.2) is 0 Å². The maximum absolute atomic E-state index is 13.4. The number of amides is 1. The molecule has 138 valence electrons.